The highest BCUT2D eigenvalue weighted by atomic mass is 35.5. The Labute approximate surface area is 97.6 Å². The summed E-state index contributed by atoms with van der Waals surface area (Å²) in [4.78, 5) is 23.6. The van der Waals surface area contributed by atoms with Crippen molar-refractivity contribution >= 4 is 34.5 Å². The lowest BCUT2D eigenvalue weighted by molar-refractivity contribution is 0.0826. The molecule has 0 unspecified atom stereocenters. The molecule has 0 heterocycles. The molecule has 0 aliphatic heterocycles. The van der Waals surface area contributed by atoms with Crippen molar-refractivity contribution in [2.45, 2.75) is 6.92 Å². The number of amides is 2. The molecule has 0 saturated heterocycles. The third kappa shape index (κ3) is 2.70. The monoisotopic (exact) mass is 245 g/mol. The van der Waals surface area contributed by atoms with Crippen molar-refractivity contribution in [3.63, 3.8) is 0 Å². The summed E-state index contributed by atoms with van der Waals surface area (Å²) < 4.78 is 0. The first-order chi connectivity index (χ1) is 7.07. The van der Waals surface area contributed by atoms with E-state index in [1.165, 1.54) is 0 Å². The van der Waals surface area contributed by atoms with Crippen molar-refractivity contribution in [3.8, 4) is 0 Å². The van der Waals surface area contributed by atoms with E-state index in [0.717, 1.165) is 4.90 Å². The summed E-state index contributed by atoms with van der Waals surface area (Å²) in [5.41, 5.74) is 0.273. The van der Waals surface area contributed by atoms with Gasteiger partial charge >= 0.3 is 5.37 Å². The zero-order valence-corrected chi connectivity index (χ0v) is 9.55. The standard InChI is InChI=1S/C10H9Cl2NO2/c1-2-13(10(12)15)9(14)7-5-3-4-6-8(7)11/h3-6H,2H2,1H3. The fourth-order valence-electron chi connectivity index (χ4n) is 1.13. The molecule has 15 heavy (non-hydrogen) atoms. The van der Waals surface area contributed by atoms with Crippen molar-refractivity contribution in [2.24, 2.45) is 0 Å². The molecule has 0 aromatic heterocycles. The van der Waals surface area contributed by atoms with Gasteiger partial charge in [-0.05, 0) is 30.7 Å². The Hall–Kier alpha value is -1.06. The van der Waals surface area contributed by atoms with Gasteiger partial charge in [-0.3, -0.25) is 14.5 Å². The molecule has 0 aliphatic carbocycles. The predicted octanol–water partition coefficient (Wildman–Crippen LogP) is 3.16. The molecule has 1 aromatic rings. The van der Waals surface area contributed by atoms with Crippen LogP contribution in [0.5, 0.6) is 0 Å². The molecule has 0 aliphatic rings. The van der Waals surface area contributed by atoms with Crippen LogP contribution in [0.25, 0.3) is 0 Å². The van der Waals surface area contributed by atoms with Gasteiger partial charge in [-0.15, -0.1) is 0 Å². The summed E-state index contributed by atoms with van der Waals surface area (Å²) in [7, 11) is 0. The van der Waals surface area contributed by atoms with Gasteiger partial charge in [0.2, 0.25) is 0 Å². The Morgan fingerprint density at radius 2 is 1.93 bits per heavy atom. The highest BCUT2D eigenvalue weighted by Gasteiger charge is 2.20. The summed E-state index contributed by atoms with van der Waals surface area (Å²) in [6.07, 6.45) is 0. The second kappa shape index (κ2) is 5.14. The van der Waals surface area contributed by atoms with Gasteiger partial charge in [0.15, 0.2) is 0 Å². The van der Waals surface area contributed by atoms with E-state index in [0.29, 0.717) is 5.02 Å². The Bertz CT molecular complexity index is 393. The van der Waals surface area contributed by atoms with Crippen molar-refractivity contribution in [1.82, 2.24) is 4.90 Å². The smallest absolute Gasteiger partial charge is 0.269 e. The molecule has 0 fully saturated rings. The first-order valence-electron chi connectivity index (χ1n) is 4.33. The van der Waals surface area contributed by atoms with Crippen LogP contribution in [0.3, 0.4) is 0 Å². The van der Waals surface area contributed by atoms with Gasteiger partial charge in [0.25, 0.3) is 5.91 Å². The average Bonchev–Trinajstić information content (AvgIpc) is 2.18. The fraction of sp³-hybridized carbons (Fsp3) is 0.200. The Kier molecular flexibility index (Phi) is 4.12. The molecule has 0 bridgehead atoms. The molecule has 80 valence electrons. The Balaban J connectivity index is 3.03. The number of hydrogen-bond acceptors (Lipinski definition) is 2. The molecular weight excluding hydrogens is 237 g/mol. The lowest BCUT2D eigenvalue weighted by Gasteiger charge is -2.15. The van der Waals surface area contributed by atoms with E-state index >= 15 is 0 Å². The van der Waals surface area contributed by atoms with Crippen LogP contribution < -0.4 is 0 Å². The summed E-state index contributed by atoms with van der Waals surface area (Å²) in [6, 6.07) is 6.51. The third-order valence-electron chi connectivity index (χ3n) is 1.88. The maximum Gasteiger partial charge on any atom is 0.323 e. The van der Waals surface area contributed by atoms with Gasteiger partial charge in [-0.25, -0.2) is 0 Å². The minimum Gasteiger partial charge on any atom is -0.269 e. The maximum absolute atomic E-state index is 11.8. The number of carbonyl (C=O) groups is 2. The van der Waals surface area contributed by atoms with E-state index in [4.69, 9.17) is 23.2 Å². The first-order valence-corrected chi connectivity index (χ1v) is 5.09. The normalized spacial score (nSPS) is 9.80. The van der Waals surface area contributed by atoms with E-state index < -0.39 is 11.3 Å². The van der Waals surface area contributed by atoms with Crippen molar-refractivity contribution in [2.75, 3.05) is 6.54 Å². The van der Waals surface area contributed by atoms with Crippen LogP contribution in [0, 0.1) is 0 Å². The highest BCUT2D eigenvalue weighted by molar-refractivity contribution is 6.64. The quantitative estimate of drug-likeness (QED) is 0.593. The van der Waals surface area contributed by atoms with Crippen molar-refractivity contribution in [1.29, 1.82) is 0 Å². The minimum atomic E-state index is -0.803. The third-order valence-corrected chi connectivity index (χ3v) is 2.41. The average molecular weight is 246 g/mol. The fourth-order valence-corrected chi connectivity index (χ4v) is 1.54. The van der Waals surface area contributed by atoms with E-state index in [9.17, 15) is 9.59 Å². The molecule has 0 saturated carbocycles. The first kappa shape index (κ1) is 12.0. The molecule has 2 amide bonds. The number of halogens is 2. The lowest BCUT2D eigenvalue weighted by atomic mass is 10.2. The second-order valence-electron chi connectivity index (χ2n) is 2.78. The predicted molar refractivity (Wildman–Crippen MR) is 59.4 cm³/mol. The molecular formula is C10H9Cl2NO2. The van der Waals surface area contributed by atoms with Crippen LogP contribution in [0.15, 0.2) is 24.3 Å². The molecule has 0 spiro atoms. The molecule has 3 nitrogen and oxygen atoms in total. The van der Waals surface area contributed by atoms with Gasteiger partial charge in [0, 0.05) is 6.54 Å². The van der Waals surface area contributed by atoms with Crippen molar-refractivity contribution in [3.05, 3.63) is 34.9 Å². The van der Waals surface area contributed by atoms with Crippen LogP contribution >= 0.6 is 23.2 Å². The van der Waals surface area contributed by atoms with Crippen molar-refractivity contribution < 1.29 is 9.59 Å². The molecule has 1 rings (SSSR count). The number of rotatable bonds is 2. The second-order valence-corrected chi connectivity index (χ2v) is 3.51. The van der Waals surface area contributed by atoms with E-state index in [1.54, 1.807) is 31.2 Å². The van der Waals surface area contributed by atoms with Crippen LogP contribution in [0.2, 0.25) is 5.02 Å². The van der Waals surface area contributed by atoms with Crippen LogP contribution in [-0.4, -0.2) is 22.7 Å². The van der Waals surface area contributed by atoms with Crippen LogP contribution in [0.4, 0.5) is 4.79 Å². The molecule has 5 heteroatoms. The van der Waals surface area contributed by atoms with E-state index in [1.807, 2.05) is 0 Å². The summed E-state index contributed by atoms with van der Waals surface area (Å²) in [6.45, 7) is 1.88. The van der Waals surface area contributed by atoms with Crippen LogP contribution in [0.1, 0.15) is 17.3 Å². The van der Waals surface area contributed by atoms with Gasteiger partial charge in [0.1, 0.15) is 0 Å². The Morgan fingerprint density at radius 1 is 1.33 bits per heavy atom. The van der Waals surface area contributed by atoms with E-state index in [-0.39, 0.29) is 12.1 Å². The van der Waals surface area contributed by atoms with Crippen LogP contribution in [-0.2, 0) is 0 Å². The topological polar surface area (TPSA) is 37.4 Å². The summed E-state index contributed by atoms with van der Waals surface area (Å²) in [5.74, 6) is -0.483. The lowest BCUT2D eigenvalue weighted by Crippen LogP contribution is -2.33. The minimum absolute atomic E-state index is 0.215. The zero-order chi connectivity index (χ0) is 11.4. The largest absolute Gasteiger partial charge is 0.323 e. The molecule has 0 N–H and O–H groups in total. The molecule has 1 aromatic carbocycles. The zero-order valence-electron chi connectivity index (χ0n) is 8.04. The van der Waals surface area contributed by atoms with Gasteiger partial charge in [-0.1, -0.05) is 23.7 Å². The number of nitrogens with zero attached hydrogens (tertiary/aromatic N) is 1. The maximum atomic E-state index is 11.8. The Morgan fingerprint density at radius 3 is 2.40 bits per heavy atom. The molecule has 0 atom stereocenters. The number of imide groups is 1. The van der Waals surface area contributed by atoms with Gasteiger partial charge in [-0.2, -0.15) is 0 Å². The molecule has 0 radical (unpaired) electrons. The number of carbonyl (C=O) groups excluding carboxylic acids is 2. The highest BCUT2D eigenvalue weighted by Crippen LogP contribution is 2.17. The summed E-state index contributed by atoms with van der Waals surface area (Å²) in [5, 5.41) is -0.499. The number of hydrogen-bond donors (Lipinski definition) is 0. The van der Waals surface area contributed by atoms with Gasteiger partial charge in [0.05, 0.1) is 10.6 Å². The summed E-state index contributed by atoms with van der Waals surface area (Å²) >= 11 is 11.1. The van der Waals surface area contributed by atoms with E-state index in [2.05, 4.69) is 0 Å². The SMILES string of the molecule is CCN(C(=O)Cl)C(=O)c1ccccc1Cl. The number of benzene rings is 1. The van der Waals surface area contributed by atoms with Gasteiger partial charge < -0.3 is 0 Å².